The number of hydrogen-bond donors (Lipinski definition) is 8. The third-order valence-corrected chi connectivity index (χ3v) is 5.28. The number of carbonyl (C=O) groups is 6. The summed E-state index contributed by atoms with van der Waals surface area (Å²) < 4.78 is 0. The smallest absolute Gasteiger partial charge is 0.326 e. The van der Waals surface area contributed by atoms with Crippen molar-refractivity contribution in [2.75, 3.05) is 0 Å². The van der Waals surface area contributed by atoms with Gasteiger partial charge in [0.25, 0.3) is 0 Å². The van der Waals surface area contributed by atoms with Crippen LogP contribution in [0.4, 0.5) is 0 Å². The van der Waals surface area contributed by atoms with Crippen LogP contribution in [0.3, 0.4) is 0 Å². The standard InChI is InChI=1S/C23H33N5O9/c1-11(2)19(28-20(33)14(24)10-17(25)30)22(35)26-15(7-8-18(31)32)21(34)27-16(23(36)37)9-12-3-5-13(29)6-4-12/h3-6,11,14-16,19,29H,7-10,24H2,1-2H3,(H2,25,30)(H,26,35)(H,27,34)(H,28,33)(H,31,32)(H,36,37). The number of amides is 4. The van der Waals surface area contributed by atoms with E-state index in [9.17, 15) is 39.0 Å². The van der Waals surface area contributed by atoms with Crippen LogP contribution in [0.5, 0.6) is 5.75 Å². The van der Waals surface area contributed by atoms with Crippen molar-refractivity contribution in [3.05, 3.63) is 29.8 Å². The number of rotatable bonds is 15. The number of primary amides is 1. The Morgan fingerprint density at radius 2 is 1.43 bits per heavy atom. The summed E-state index contributed by atoms with van der Waals surface area (Å²) in [6, 6.07) is 0.257. The van der Waals surface area contributed by atoms with Gasteiger partial charge in [0.1, 0.15) is 23.9 Å². The molecule has 0 heterocycles. The molecule has 0 saturated heterocycles. The number of aliphatic carboxylic acids is 2. The minimum atomic E-state index is -1.44. The number of hydrogen-bond acceptors (Lipinski definition) is 8. The van der Waals surface area contributed by atoms with E-state index in [2.05, 4.69) is 16.0 Å². The van der Waals surface area contributed by atoms with Crippen molar-refractivity contribution in [3.8, 4) is 5.75 Å². The molecule has 0 saturated carbocycles. The van der Waals surface area contributed by atoms with Gasteiger partial charge in [-0.05, 0) is 30.0 Å². The molecule has 4 atom stereocenters. The van der Waals surface area contributed by atoms with Gasteiger partial charge in [0, 0.05) is 12.8 Å². The molecule has 1 aromatic carbocycles. The van der Waals surface area contributed by atoms with Crippen molar-refractivity contribution in [2.45, 2.75) is 63.7 Å². The van der Waals surface area contributed by atoms with Gasteiger partial charge in [-0.2, -0.15) is 0 Å². The van der Waals surface area contributed by atoms with E-state index in [1.807, 2.05) is 0 Å². The van der Waals surface area contributed by atoms with E-state index in [-0.39, 0.29) is 18.6 Å². The molecule has 14 heteroatoms. The molecule has 0 aromatic heterocycles. The second-order valence-corrected chi connectivity index (χ2v) is 8.77. The van der Waals surface area contributed by atoms with Crippen molar-refractivity contribution >= 4 is 35.6 Å². The number of carboxylic acids is 2. The molecular formula is C23H33N5O9. The fourth-order valence-electron chi connectivity index (χ4n) is 3.24. The fraction of sp³-hybridized carbons (Fsp3) is 0.478. The number of benzene rings is 1. The molecule has 10 N–H and O–H groups in total. The molecule has 4 unspecified atom stereocenters. The quantitative estimate of drug-likeness (QED) is 0.128. The fourth-order valence-corrected chi connectivity index (χ4v) is 3.24. The molecule has 204 valence electrons. The number of aromatic hydroxyl groups is 1. The zero-order valence-electron chi connectivity index (χ0n) is 20.5. The van der Waals surface area contributed by atoms with Crippen LogP contribution in [0.1, 0.15) is 38.7 Å². The SMILES string of the molecule is CC(C)C(NC(=O)C(N)CC(N)=O)C(=O)NC(CCC(=O)O)C(=O)NC(Cc1ccc(O)cc1)C(=O)O. The summed E-state index contributed by atoms with van der Waals surface area (Å²) in [6.45, 7) is 3.18. The molecule has 1 rings (SSSR count). The molecular weight excluding hydrogens is 490 g/mol. The van der Waals surface area contributed by atoms with Crippen LogP contribution < -0.4 is 27.4 Å². The highest BCUT2D eigenvalue weighted by Crippen LogP contribution is 2.12. The topological polar surface area (TPSA) is 251 Å². The molecule has 1 aromatic rings. The molecule has 0 aliphatic rings. The van der Waals surface area contributed by atoms with Crippen LogP contribution in [0.25, 0.3) is 0 Å². The first-order valence-electron chi connectivity index (χ1n) is 11.4. The van der Waals surface area contributed by atoms with E-state index in [0.717, 1.165) is 0 Å². The van der Waals surface area contributed by atoms with Crippen molar-refractivity contribution < 1.29 is 44.1 Å². The summed E-state index contributed by atoms with van der Waals surface area (Å²) in [5, 5.41) is 35.0. The molecule has 0 aliphatic heterocycles. The van der Waals surface area contributed by atoms with E-state index < -0.39 is 78.5 Å². The molecule has 0 fully saturated rings. The second-order valence-electron chi connectivity index (χ2n) is 8.77. The molecule has 37 heavy (non-hydrogen) atoms. The second kappa shape index (κ2) is 14.4. The van der Waals surface area contributed by atoms with Gasteiger partial charge in [-0.25, -0.2) is 4.79 Å². The first-order chi connectivity index (χ1) is 17.2. The Labute approximate surface area is 212 Å². The Morgan fingerprint density at radius 1 is 0.865 bits per heavy atom. The van der Waals surface area contributed by atoms with Crippen LogP contribution in [-0.4, -0.2) is 75.1 Å². The Morgan fingerprint density at radius 3 is 1.92 bits per heavy atom. The Kier molecular flexibility index (Phi) is 12.0. The minimum absolute atomic E-state index is 0.0292. The van der Waals surface area contributed by atoms with Gasteiger partial charge in [-0.1, -0.05) is 26.0 Å². The average Bonchev–Trinajstić information content (AvgIpc) is 2.79. The number of nitrogens with two attached hydrogens (primary N) is 2. The summed E-state index contributed by atoms with van der Waals surface area (Å²) in [6.07, 6.45) is -1.49. The third-order valence-electron chi connectivity index (χ3n) is 5.28. The maximum atomic E-state index is 12.9. The highest BCUT2D eigenvalue weighted by Gasteiger charge is 2.32. The van der Waals surface area contributed by atoms with Gasteiger partial charge in [0.15, 0.2) is 0 Å². The molecule has 0 radical (unpaired) electrons. The van der Waals surface area contributed by atoms with E-state index in [4.69, 9.17) is 16.6 Å². The zero-order valence-corrected chi connectivity index (χ0v) is 20.5. The van der Waals surface area contributed by atoms with Gasteiger partial charge in [-0.15, -0.1) is 0 Å². The van der Waals surface area contributed by atoms with Crippen LogP contribution in [0.15, 0.2) is 24.3 Å². The Bertz CT molecular complexity index is 997. The van der Waals surface area contributed by atoms with Crippen molar-refractivity contribution in [1.29, 1.82) is 0 Å². The maximum absolute atomic E-state index is 12.9. The van der Waals surface area contributed by atoms with Crippen molar-refractivity contribution in [3.63, 3.8) is 0 Å². The lowest BCUT2D eigenvalue weighted by Gasteiger charge is -2.26. The van der Waals surface area contributed by atoms with Crippen LogP contribution in [-0.2, 0) is 35.2 Å². The van der Waals surface area contributed by atoms with Gasteiger partial charge in [0.05, 0.1) is 12.5 Å². The Hall–Kier alpha value is -4.20. The monoisotopic (exact) mass is 523 g/mol. The first kappa shape index (κ1) is 30.8. The highest BCUT2D eigenvalue weighted by molar-refractivity contribution is 5.95. The third kappa shape index (κ3) is 10.9. The van der Waals surface area contributed by atoms with E-state index in [0.29, 0.717) is 5.56 Å². The number of carbonyl (C=O) groups excluding carboxylic acids is 4. The lowest BCUT2D eigenvalue weighted by atomic mass is 10.0. The van der Waals surface area contributed by atoms with Crippen LogP contribution >= 0.6 is 0 Å². The first-order valence-corrected chi connectivity index (χ1v) is 11.4. The lowest BCUT2D eigenvalue weighted by molar-refractivity contribution is -0.143. The number of phenols is 1. The summed E-state index contributed by atoms with van der Waals surface area (Å²) >= 11 is 0. The van der Waals surface area contributed by atoms with Gasteiger partial charge in [0.2, 0.25) is 23.6 Å². The van der Waals surface area contributed by atoms with Gasteiger partial charge >= 0.3 is 11.9 Å². The van der Waals surface area contributed by atoms with Gasteiger partial charge < -0.3 is 42.7 Å². The van der Waals surface area contributed by atoms with E-state index in [1.165, 1.54) is 24.3 Å². The zero-order chi connectivity index (χ0) is 28.3. The molecule has 4 amide bonds. The molecule has 0 spiro atoms. The molecule has 14 nitrogen and oxygen atoms in total. The summed E-state index contributed by atoms with van der Waals surface area (Å²) in [5.74, 6) is -6.60. The largest absolute Gasteiger partial charge is 0.508 e. The lowest BCUT2D eigenvalue weighted by Crippen LogP contribution is -2.58. The number of phenolic OH excluding ortho intramolecular Hbond substituents is 1. The van der Waals surface area contributed by atoms with Gasteiger partial charge in [-0.3, -0.25) is 24.0 Å². The minimum Gasteiger partial charge on any atom is -0.508 e. The Balaban J connectivity index is 3.03. The highest BCUT2D eigenvalue weighted by atomic mass is 16.4. The number of nitrogens with one attached hydrogen (secondary N) is 3. The van der Waals surface area contributed by atoms with Crippen molar-refractivity contribution in [1.82, 2.24) is 16.0 Å². The normalized spacial score (nSPS) is 14.1. The summed E-state index contributed by atoms with van der Waals surface area (Å²) in [4.78, 5) is 72.0. The van der Waals surface area contributed by atoms with Crippen LogP contribution in [0.2, 0.25) is 0 Å². The molecule has 0 aliphatic carbocycles. The van der Waals surface area contributed by atoms with E-state index in [1.54, 1.807) is 13.8 Å². The summed E-state index contributed by atoms with van der Waals surface area (Å²) in [5.41, 5.74) is 11.1. The predicted molar refractivity (Wildman–Crippen MR) is 129 cm³/mol. The maximum Gasteiger partial charge on any atom is 0.326 e. The predicted octanol–water partition coefficient (Wildman–Crippen LogP) is -1.80. The molecule has 0 bridgehead atoms. The summed E-state index contributed by atoms with van der Waals surface area (Å²) in [7, 11) is 0. The number of carboxylic acid groups (broad SMARTS) is 2. The average molecular weight is 524 g/mol. The van der Waals surface area contributed by atoms with Crippen molar-refractivity contribution in [2.24, 2.45) is 17.4 Å². The van der Waals surface area contributed by atoms with E-state index >= 15 is 0 Å². The van der Waals surface area contributed by atoms with Crippen LogP contribution in [0, 0.1) is 5.92 Å².